The molecule has 0 heterocycles. The van der Waals surface area contributed by atoms with Crippen molar-refractivity contribution >= 4 is 11.6 Å². The molecule has 0 aliphatic rings. The lowest BCUT2D eigenvalue weighted by molar-refractivity contribution is 0.198. The number of hydrogen-bond donors (Lipinski definition) is 1. The van der Waals surface area contributed by atoms with E-state index in [1.807, 2.05) is 0 Å². The maximum atomic E-state index is 8.78. The Labute approximate surface area is 81.1 Å². The van der Waals surface area contributed by atoms with Gasteiger partial charge in [-0.25, -0.2) is 0 Å². The first-order chi connectivity index (χ1) is 5.62. The highest BCUT2D eigenvalue weighted by molar-refractivity contribution is 6.17. The minimum atomic E-state index is 0.307. The average molecular weight is 193 g/mol. The molecule has 0 radical (unpaired) electrons. The van der Waals surface area contributed by atoms with Gasteiger partial charge in [-0.05, 0) is 24.7 Å². The van der Waals surface area contributed by atoms with Crippen molar-refractivity contribution in [1.82, 2.24) is 0 Å². The number of aliphatic hydroxyl groups is 1. The summed E-state index contributed by atoms with van der Waals surface area (Å²) in [6, 6.07) is 0. The summed E-state index contributed by atoms with van der Waals surface area (Å²) < 4.78 is 0. The molecule has 0 spiro atoms. The van der Waals surface area contributed by atoms with Gasteiger partial charge in [-0.1, -0.05) is 26.7 Å². The Hall–Kier alpha value is 0.250. The second-order valence-corrected chi connectivity index (χ2v) is 4.52. The summed E-state index contributed by atoms with van der Waals surface area (Å²) in [5.74, 6) is 0.778. The highest BCUT2D eigenvalue weighted by Crippen LogP contribution is 2.27. The van der Waals surface area contributed by atoms with Crippen LogP contribution in [0.15, 0.2) is 0 Å². The minimum absolute atomic E-state index is 0.307. The van der Waals surface area contributed by atoms with Gasteiger partial charge in [0.15, 0.2) is 0 Å². The third-order valence-electron chi connectivity index (χ3n) is 2.28. The Morgan fingerprint density at radius 3 is 2.25 bits per heavy atom. The SMILES string of the molecule is CC(C)(CCO)CCCCCCl. The average Bonchev–Trinajstić information content (AvgIpc) is 1.98. The number of alkyl halides is 1. The molecule has 0 aliphatic carbocycles. The largest absolute Gasteiger partial charge is 0.396 e. The monoisotopic (exact) mass is 192 g/mol. The molecule has 0 unspecified atom stereocenters. The van der Waals surface area contributed by atoms with Crippen LogP contribution in [0, 0.1) is 5.41 Å². The van der Waals surface area contributed by atoms with Crippen molar-refractivity contribution in [2.24, 2.45) is 5.41 Å². The minimum Gasteiger partial charge on any atom is -0.396 e. The second kappa shape index (κ2) is 6.73. The zero-order valence-corrected chi connectivity index (χ0v) is 9.03. The first-order valence-electron chi connectivity index (χ1n) is 4.79. The van der Waals surface area contributed by atoms with Gasteiger partial charge in [0, 0.05) is 12.5 Å². The molecule has 0 saturated carbocycles. The van der Waals surface area contributed by atoms with Gasteiger partial charge in [-0.15, -0.1) is 11.6 Å². The Morgan fingerprint density at radius 1 is 1.08 bits per heavy atom. The third-order valence-corrected chi connectivity index (χ3v) is 2.54. The van der Waals surface area contributed by atoms with E-state index in [1.54, 1.807) is 0 Å². The van der Waals surface area contributed by atoms with E-state index < -0.39 is 0 Å². The van der Waals surface area contributed by atoms with Gasteiger partial charge in [0.25, 0.3) is 0 Å². The standard InChI is InChI=1S/C10H21ClO/c1-10(2,7-9-12)6-4-3-5-8-11/h12H,3-9H2,1-2H3. The van der Waals surface area contributed by atoms with Gasteiger partial charge in [0.1, 0.15) is 0 Å². The highest BCUT2D eigenvalue weighted by atomic mass is 35.5. The molecule has 1 nitrogen and oxygen atoms in total. The van der Waals surface area contributed by atoms with Gasteiger partial charge in [-0.3, -0.25) is 0 Å². The highest BCUT2D eigenvalue weighted by Gasteiger charge is 2.15. The molecule has 0 bridgehead atoms. The fourth-order valence-electron chi connectivity index (χ4n) is 1.30. The predicted molar refractivity (Wildman–Crippen MR) is 54.7 cm³/mol. The molecule has 0 aromatic carbocycles. The van der Waals surface area contributed by atoms with Crippen LogP contribution in [0.5, 0.6) is 0 Å². The molecule has 0 atom stereocenters. The Bertz CT molecular complexity index is 102. The first kappa shape index (κ1) is 12.2. The van der Waals surface area contributed by atoms with E-state index in [4.69, 9.17) is 16.7 Å². The molecule has 12 heavy (non-hydrogen) atoms. The fourth-order valence-corrected chi connectivity index (χ4v) is 1.49. The Morgan fingerprint density at radius 2 is 1.75 bits per heavy atom. The van der Waals surface area contributed by atoms with Crippen molar-refractivity contribution in [1.29, 1.82) is 0 Å². The number of hydrogen-bond acceptors (Lipinski definition) is 1. The maximum absolute atomic E-state index is 8.78. The number of aliphatic hydroxyl groups excluding tert-OH is 1. The molecule has 0 aliphatic heterocycles. The third kappa shape index (κ3) is 6.93. The molecule has 74 valence electrons. The summed E-state index contributed by atoms with van der Waals surface area (Å²) in [7, 11) is 0. The second-order valence-electron chi connectivity index (χ2n) is 4.14. The van der Waals surface area contributed by atoms with Gasteiger partial charge >= 0.3 is 0 Å². The van der Waals surface area contributed by atoms with Crippen LogP contribution in [0.3, 0.4) is 0 Å². The summed E-state index contributed by atoms with van der Waals surface area (Å²) in [5, 5.41) is 8.78. The smallest absolute Gasteiger partial charge is 0.0436 e. The molecule has 0 aromatic heterocycles. The number of halogens is 1. The number of rotatable bonds is 7. The number of unbranched alkanes of at least 4 members (excludes halogenated alkanes) is 2. The van der Waals surface area contributed by atoms with Crippen molar-refractivity contribution in [3.63, 3.8) is 0 Å². The lowest BCUT2D eigenvalue weighted by atomic mass is 9.84. The van der Waals surface area contributed by atoms with Gasteiger partial charge in [-0.2, -0.15) is 0 Å². The van der Waals surface area contributed by atoms with Gasteiger partial charge < -0.3 is 5.11 Å². The van der Waals surface area contributed by atoms with Crippen molar-refractivity contribution in [3.05, 3.63) is 0 Å². The van der Waals surface area contributed by atoms with Crippen molar-refractivity contribution in [2.75, 3.05) is 12.5 Å². The fraction of sp³-hybridized carbons (Fsp3) is 1.00. The van der Waals surface area contributed by atoms with Crippen molar-refractivity contribution in [2.45, 2.75) is 46.0 Å². The van der Waals surface area contributed by atoms with E-state index in [0.29, 0.717) is 12.0 Å². The topological polar surface area (TPSA) is 20.2 Å². The Balaban J connectivity index is 3.33. The first-order valence-corrected chi connectivity index (χ1v) is 5.33. The van der Waals surface area contributed by atoms with E-state index in [9.17, 15) is 0 Å². The summed E-state index contributed by atoms with van der Waals surface area (Å²) in [5.41, 5.74) is 0.307. The van der Waals surface area contributed by atoms with E-state index >= 15 is 0 Å². The molecule has 0 saturated heterocycles. The van der Waals surface area contributed by atoms with Crippen LogP contribution in [0.25, 0.3) is 0 Å². The molecular formula is C10H21ClO. The van der Waals surface area contributed by atoms with Crippen LogP contribution < -0.4 is 0 Å². The van der Waals surface area contributed by atoms with E-state index in [0.717, 1.165) is 18.7 Å². The molecule has 2 heteroatoms. The van der Waals surface area contributed by atoms with Crippen LogP contribution in [0.4, 0.5) is 0 Å². The van der Waals surface area contributed by atoms with Crippen LogP contribution in [0.1, 0.15) is 46.0 Å². The maximum Gasteiger partial charge on any atom is 0.0436 e. The lowest BCUT2D eigenvalue weighted by Gasteiger charge is -2.23. The summed E-state index contributed by atoms with van der Waals surface area (Å²) in [6.07, 6.45) is 5.69. The van der Waals surface area contributed by atoms with Gasteiger partial charge in [0.05, 0.1) is 0 Å². The Kier molecular flexibility index (Phi) is 6.87. The molecular weight excluding hydrogens is 172 g/mol. The van der Waals surface area contributed by atoms with E-state index in [1.165, 1.54) is 19.3 Å². The summed E-state index contributed by atoms with van der Waals surface area (Å²) in [6.45, 7) is 4.73. The van der Waals surface area contributed by atoms with Crippen LogP contribution in [-0.2, 0) is 0 Å². The molecule has 0 fully saturated rings. The molecule has 0 aromatic rings. The lowest BCUT2D eigenvalue weighted by Crippen LogP contribution is -2.13. The van der Waals surface area contributed by atoms with Crippen LogP contribution >= 0.6 is 11.6 Å². The molecule has 1 N–H and O–H groups in total. The van der Waals surface area contributed by atoms with Crippen LogP contribution in [0.2, 0.25) is 0 Å². The van der Waals surface area contributed by atoms with Crippen molar-refractivity contribution in [3.8, 4) is 0 Å². The quantitative estimate of drug-likeness (QED) is 0.485. The predicted octanol–water partition coefficient (Wildman–Crippen LogP) is 3.19. The summed E-state index contributed by atoms with van der Waals surface area (Å²) >= 11 is 5.57. The molecule has 0 rings (SSSR count). The summed E-state index contributed by atoms with van der Waals surface area (Å²) in [4.78, 5) is 0. The van der Waals surface area contributed by atoms with Crippen LogP contribution in [-0.4, -0.2) is 17.6 Å². The van der Waals surface area contributed by atoms with E-state index in [-0.39, 0.29) is 0 Å². The normalized spacial score (nSPS) is 12.0. The van der Waals surface area contributed by atoms with Crippen molar-refractivity contribution < 1.29 is 5.11 Å². The van der Waals surface area contributed by atoms with E-state index in [2.05, 4.69) is 13.8 Å². The zero-order chi connectivity index (χ0) is 9.45. The molecule has 0 amide bonds. The van der Waals surface area contributed by atoms with Gasteiger partial charge in [0.2, 0.25) is 0 Å². The zero-order valence-electron chi connectivity index (χ0n) is 8.27.